The Bertz CT molecular complexity index is 3890. The third kappa shape index (κ3) is 37.1. The Balaban J connectivity index is -0.000000344. The van der Waals surface area contributed by atoms with Gasteiger partial charge in [-0.1, -0.05) is 261 Å². The molecule has 556 valence electrons. The van der Waals surface area contributed by atoms with Gasteiger partial charge in [-0.2, -0.15) is 0 Å². The van der Waals surface area contributed by atoms with E-state index < -0.39 is 0 Å². The molecule has 14 aromatic rings. The maximum absolute atomic E-state index is 3.98. The van der Waals surface area contributed by atoms with Crippen LogP contribution >= 0.6 is 0 Å². The van der Waals surface area contributed by atoms with Gasteiger partial charge in [-0.25, -0.2) is 9.97 Å². The summed E-state index contributed by atoms with van der Waals surface area (Å²) < 4.78 is 6.79. The summed E-state index contributed by atoms with van der Waals surface area (Å²) in [4.78, 5) is 27.2. The number of hydrogen-bond donors (Lipinski definition) is 0. The number of benzene rings is 6. The van der Waals surface area contributed by atoms with E-state index in [9.17, 15) is 0 Å². The molecule has 0 N–H and O–H groups in total. The maximum atomic E-state index is 3.98. The summed E-state index contributed by atoms with van der Waals surface area (Å²) >= 11 is 0. The predicted octanol–water partition coefficient (Wildman–Crippen LogP) is 27.9. The van der Waals surface area contributed by atoms with E-state index in [0.717, 1.165) is 17.2 Å². The smallest absolute Gasteiger partial charge is 0.125 e. The van der Waals surface area contributed by atoms with Crippen LogP contribution in [-0.4, -0.2) is 48.6 Å². The average Bonchev–Trinajstić information content (AvgIpc) is 1.64. The van der Waals surface area contributed by atoms with Crippen LogP contribution in [0.25, 0.3) is 65.4 Å². The second kappa shape index (κ2) is 67.2. The molecule has 0 fully saturated rings. The Kier molecular flexibility index (Phi) is 66.5. The molecule has 0 saturated heterocycles. The molecule has 0 unspecified atom stereocenters. The van der Waals surface area contributed by atoms with E-state index in [4.69, 9.17) is 0 Å². The fraction of sp³-hybridized carbons (Fsp3) is 0.359. The monoisotopic (exact) mass is 1380 g/mol. The first-order valence-corrected chi connectivity index (χ1v) is 37.7. The molecule has 6 aromatic carbocycles. The molecule has 0 bridgehead atoms. The molecule has 8 heterocycles. The highest BCUT2D eigenvalue weighted by Gasteiger charge is 2.09. The fourth-order valence-electron chi connectivity index (χ4n) is 9.06. The van der Waals surface area contributed by atoms with Crippen LogP contribution in [-0.2, 0) is 21.1 Å². The Morgan fingerprint density at radius 3 is 1.03 bits per heavy atom. The molecular formula is C92H138N10. The lowest BCUT2D eigenvalue weighted by atomic mass is 10.1. The average molecular weight is 1380 g/mol. The summed E-state index contributed by atoms with van der Waals surface area (Å²) in [6.45, 7) is 60.3. The number of fused-ring (bicyclic) bond motifs is 9. The first-order chi connectivity index (χ1) is 49.8. The normalized spacial score (nSPS) is 8.64. The molecule has 0 radical (unpaired) electrons. The zero-order valence-corrected chi connectivity index (χ0v) is 70.0. The molecule has 0 spiro atoms. The summed E-state index contributed by atoms with van der Waals surface area (Å²) in [5.74, 6) is 0.822. The van der Waals surface area contributed by atoms with Crippen molar-refractivity contribution in [2.45, 2.75) is 208 Å². The van der Waals surface area contributed by atoms with Crippen LogP contribution in [0.1, 0.15) is 197 Å². The topological polar surface area (TPSA) is 105 Å². The minimum absolute atomic E-state index is 0.822. The van der Waals surface area contributed by atoms with Gasteiger partial charge in [0, 0.05) is 149 Å². The van der Waals surface area contributed by atoms with Crippen LogP contribution in [0.3, 0.4) is 0 Å². The summed E-state index contributed by atoms with van der Waals surface area (Å²) in [6.07, 6.45) is 17.5. The van der Waals surface area contributed by atoms with Crippen molar-refractivity contribution in [3.8, 4) is 0 Å². The van der Waals surface area contributed by atoms with E-state index >= 15 is 0 Å². The number of para-hydroxylation sites is 4. The standard InChI is InChI=1S/3C14H13N.3C6H7N.2C5H6N2.11C2H6/c1-10-6-5-8-12-11-7-3-4-9-13(11)15(2)14(10)12;1-10-7-8-14-12(9-10)11-5-3-4-6-13(11)15(14)2;1-10-7-8-12-11-5-3-4-6-13(11)15(2)14(12)9-10;1-6-2-4-7-5-3-6;1-6-3-2-4-7-5-6;1-6-4-2-3-5-7-6;1-5-4-6-2-3-7-5;1-5-6-3-2-4-7-5;11*1-2/h3*3-9H,1-2H3;3*2-5H,1H3;2*2-4H,1H3;11*1-2H3. The highest BCUT2D eigenvalue weighted by Crippen LogP contribution is 2.31. The first-order valence-electron chi connectivity index (χ1n) is 37.7. The lowest BCUT2D eigenvalue weighted by Gasteiger charge is -2.00. The van der Waals surface area contributed by atoms with Crippen molar-refractivity contribution in [3.63, 3.8) is 0 Å². The molecule has 14 rings (SSSR count). The molecule has 0 aliphatic carbocycles. The van der Waals surface area contributed by atoms with Gasteiger partial charge in [-0.3, -0.25) is 24.9 Å². The van der Waals surface area contributed by atoms with Crippen LogP contribution < -0.4 is 0 Å². The zero-order valence-electron chi connectivity index (χ0n) is 70.0. The molecule has 8 aromatic heterocycles. The number of aromatic nitrogens is 10. The summed E-state index contributed by atoms with van der Waals surface area (Å²) in [7, 11) is 6.39. The van der Waals surface area contributed by atoms with Crippen molar-refractivity contribution in [2.75, 3.05) is 0 Å². The van der Waals surface area contributed by atoms with Crippen LogP contribution in [0, 0.1) is 55.4 Å². The molecule has 0 aliphatic heterocycles. The van der Waals surface area contributed by atoms with Gasteiger partial charge in [-0.15, -0.1) is 0 Å². The van der Waals surface area contributed by atoms with Gasteiger partial charge in [0.25, 0.3) is 0 Å². The maximum Gasteiger partial charge on any atom is 0.125 e. The van der Waals surface area contributed by atoms with E-state index in [1.54, 1.807) is 61.8 Å². The third-order valence-electron chi connectivity index (χ3n) is 13.1. The number of aryl methyl sites for hydroxylation is 11. The number of hydrogen-bond acceptors (Lipinski definition) is 7. The minimum atomic E-state index is 0.822. The Morgan fingerprint density at radius 2 is 0.637 bits per heavy atom. The minimum Gasteiger partial charge on any atom is -0.344 e. The summed E-state index contributed by atoms with van der Waals surface area (Å²) in [5, 5.41) is 8.09. The van der Waals surface area contributed by atoms with Crippen LogP contribution in [0.4, 0.5) is 0 Å². The van der Waals surface area contributed by atoms with Crippen molar-refractivity contribution in [1.82, 2.24) is 48.6 Å². The molecule has 0 aliphatic rings. The van der Waals surface area contributed by atoms with Crippen LogP contribution in [0.5, 0.6) is 0 Å². The highest BCUT2D eigenvalue weighted by molar-refractivity contribution is 6.10. The van der Waals surface area contributed by atoms with Crippen molar-refractivity contribution < 1.29 is 0 Å². The molecule has 0 atom stereocenters. The SMILES string of the molecule is CC.CC.CC.CC.CC.CC.CC.CC.CC.CC.CC.Cc1ccc2c(c1)c1ccccc1n2C.Cc1ccc2c3ccccc3n(C)c2c1.Cc1cccc2c3ccccc3n(C)c12.Cc1ccccn1.Cc1cccnc1.Cc1ccncc1.Cc1cnccn1.Cc1ncccn1. The highest BCUT2D eigenvalue weighted by atomic mass is 14.9. The second-order valence-electron chi connectivity index (χ2n) is 19.4. The molecular weight excluding hydrogens is 1250 g/mol. The van der Waals surface area contributed by atoms with E-state index in [0.29, 0.717) is 0 Å². The quantitative estimate of drug-likeness (QED) is 0.149. The lowest BCUT2D eigenvalue weighted by Crippen LogP contribution is -1.88. The van der Waals surface area contributed by atoms with Crippen LogP contribution in [0.2, 0.25) is 0 Å². The number of pyridine rings is 3. The first kappa shape index (κ1) is 101. The molecule has 0 amide bonds. The lowest BCUT2D eigenvalue weighted by molar-refractivity contribution is 1.01. The molecule has 0 saturated carbocycles. The zero-order chi connectivity index (χ0) is 78.8. The molecule has 102 heavy (non-hydrogen) atoms. The summed E-state index contributed by atoms with van der Waals surface area (Å²) in [6, 6.07) is 61.0. The fourth-order valence-corrected chi connectivity index (χ4v) is 9.06. The van der Waals surface area contributed by atoms with Crippen molar-refractivity contribution in [1.29, 1.82) is 0 Å². The van der Waals surface area contributed by atoms with Gasteiger partial charge in [0.1, 0.15) is 5.82 Å². The van der Waals surface area contributed by atoms with E-state index in [-0.39, 0.29) is 0 Å². The Hall–Kier alpha value is -9.67. The van der Waals surface area contributed by atoms with E-state index in [1.165, 1.54) is 93.2 Å². The molecule has 10 nitrogen and oxygen atoms in total. The van der Waals surface area contributed by atoms with Gasteiger partial charge >= 0.3 is 0 Å². The number of nitrogens with zero attached hydrogens (tertiary/aromatic N) is 10. The van der Waals surface area contributed by atoms with Gasteiger partial charge in [0.15, 0.2) is 0 Å². The van der Waals surface area contributed by atoms with Crippen molar-refractivity contribution in [2.24, 2.45) is 21.1 Å². The van der Waals surface area contributed by atoms with Gasteiger partial charge in [0.2, 0.25) is 0 Å². The van der Waals surface area contributed by atoms with E-state index in [2.05, 4.69) is 218 Å². The third-order valence-corrected chi connectivity index (χ3v) is 13.1. The Morgan fingerprint density at radius 1 is 0.225 bits per heavy atom. The van der Waals surface area contributed by atoms with E-state index in [1.807, 2.05) is 236 Å². The second-order valence-corrected chi connectivity index (χ2v) is 19.4. The van der Waals surface area contributed by atoms with Gasteiger partial charge in [0.05, 0.1) is 11.2 Å². The molecule has 10 heteroatoms. The van der Waals surface area contributed by atoms with Crippen molar-refractivity contribution in [3.05, 3.63) is 283 Å². The van der Waals surface area contributed by atoms with Gasteiger partial charge in [-0.05, 0) is 150 Å². The summed E-state index contributed by atoms with van der Waals surface area (Å²) in [5.41, 5.74) is 16.4. The van der Waals surface area contributed by atoms with Gasteiger partial charge < -0.3 is 13.7 Å². The predicted molar refractivity (Wildman–Crippen MR) is 461 cm³/mol. The Labute approximate surface area is 622 Å². The number of rotatable bonds is 0. The largest absolute Gasteiger partial charge is 0.344 e. The van der Waals surface area contributed by atoms with Crippen LogP contribution in [0.15, 0.2) is 238 Å². The van der Waals surface area contributed by atoms with Crippen molar-refractivity contribution >= 4 is 65.4 Å².